The summed E-state index contributed by atoms with van der Waals surface area (Å²) >= 11 is 0.866. The Morgan fingerprint density at radius 2 is 1.73 bits per heavy atom. The first kappa shape index (κ1) is 25.7. The second-order valence-electron chi connectivity index (χ2n) is 9.97. The van der Waals surface area contributed by atoms with Gasteiger partial charge in [0.2, 0.25) is 5.91 Å². The summed E-state index contributed by atoms with van der Waals surface area (Å²) in [5, 5.41) is 10.1. The highest BCUT2D eigenvalue weighted by Crippen LogP contribution is 2.36. The Balaban J connectivity index is 1.27. The number of para-hydroxylation sites is 1. The van der Waals surface area contributed by atoms with Crippen LogP contribution in [0.2, 0.25) is 0 Å². The number of nitrogens with zero attached hydrogens (tertiary/aromatic N) is 4. The molecule has 7 nitrogen and oxygen atoms in total. The van der Waals surface area contributed by atoms with E-state index in [2.05, 4.69) is 16.7 Å². The lowest BCUT2D eigenvalue weighted by molar-refractivity contribution is -0.136. The van der Waals surface area contributed by atoms with E-state index >= 15 is 0 Å². The number of imide groups is 1. The number of carbonyl (C=O) groups is 3. The maximum atomic E-state index is 13.4. The first-order chi connectivity index (χ1) is 19.4. The van der Waals surface area contributed by atoms with Crippen molar-refractivity contribution in [2.24, 2.45) is 0 Å². The molecule has 0 aliphatic carbocycles. The molecule has 0 unspecified atom stereocenters. The number of amides is 3. The van der Waals surface area contributed by atoms with Gasteiger partial charge in [0.1, 0.15) is 6.54 Å². The van der Waals surface area contributed by atoms with Crippen LogP contribution in [0.1, 0.15) is 33.5 Å². The van der Waals surface area contributed by atoms with E-state index in [9.17, 15) is 19.6 Å². The second-order valence-corrected chi connectivity index (χ2v) is 11.0. The quantitative estimate of drug-likeness (QED) is 0.309. The van der Waals surface area contributed by atoms with Gasteiger partial charge in [0, 0.05) is 41.8 Å². The van der Waals surface area contributed by atoms with Gasteiger partial charge in [-0.05, 0) is 60.0 Å². The van der Waals surface area contributed by atoms with Crippen molar-refractivity contribution >= 4 is 45.8 Å². The van der Waals surface area contributed by atoms with E-state index < -0.39 is 11.1 Å². The van der Waals surface area contributed by atoms with E-state index in [-0.39, 0.29) is 12.5 Å². The van der Waals surface area contributed by atoms with Crippen molar-refractivity contribution < 1.29 is 14.4 Å². The Labute approximate surface area is 236 Å². The molecular formula is C32H26N4O3S. The van der Waals surface area contributed by atoms with Crippen LogP contribution in [0.5, 0.6) is 0 Å². The van der Waals surface area contributed by atoms with Crippen molar-refractivity contribution in [3.05, 3.63) is 111 Å². The lowest BCUT2D eigenvalue weighted by Crippen LogP contribution is -2.44. The van der Waals surface area contributed by atoms with Crippen molar-refractivity contribution in [2.45, 2.75) is 26.4 Å². The monoisotopic (exact) mass is 546 g/mol. The van der Waals surface area contributed by atoms with Crippen LogP contribution in [0.3, 0.4) is 0 Å². The van der Waals surface area contributed by atoms with Gasteiger partial charge < -0.3 is 9.47 Å². The summed E-state index contributed by atoms with van der Waals surface area (Å²) < 4.78 is 2.12. The standard InChI is InChI=1S/C32H26N4O3S/c1-21-27(26-12-6-7-13-28(26)35(21)19-25-11-5-3-9-23(25)17-33)16-29-31(38)36(32(39)40-29)20-30(37)34-15-14-22-8-2-4-10-24(22)18-34/h2-13,16H,14-15,18-20H2,1H3/b29-16-. The lowest BCUT2D eigenvalue weighted by Gasteiger charge is -2.29. The minimum Gasteiger partial charge on any atom is -0.340 e. The van der Waals surface area contributed by atoms with E-state index in [1.165, 1.54) is 5.56 Å². The molecule has 4 aromatic rings. The number of benzene rings is 3. The fraction of sp³-hybridized carbons (Fsp3) is 0.188. The summed E-state index contributed by atoms with van der Waals surface area (Å²) in [7, 11) is 0. The first-order valence-electron chi connectivity index (χ1n) is 13.1. The molecule has 198 valence electrons. The van der Waals surface area contributed by atoms with Crippen LogP contribution in [0.15, 0.2) is 77.7 Å². The van der Waals surface area contributed by atoms with Crippen molar-refractivity contribution in [1.29, 1.82) is 5.26 Å². The second kappa shape index (κ2) is 10.5. The van der Waals surface area contributed by atoms with Crippen molar-refractivity contribution in [3.8, 4) is 6.07 Å². The number of nitriles is 1. The number of hydrogen-bond acceptors (Lipinski definition) is 5. The molecule has 3 aromatic carbocycles. The Bertz CT molecular complexity index is 1760. The minimum absolute atomic E-state index is 0.234. The highest BCUT2D eigenvalue weighted by atomic mass is 32.2. The maximum absolute atomic E-state index is 13.4. The fourth-order valence-electron chi connectivity index (χ4n) is 5.49. The van der Waals surface area contributed by atoms with Gasteiger partial charge in [-0.2, -0.15) is 5.26 Å². The van der Waals surface area contributed by atoms with E-state index in [1.807, 2.05) is 67.6 Å². The molecule has 0 N–H and O–H groups in total. The molecule has 3 heterocycles. The molecule has 3 amide bonds. The third kappa shape index (κ3) is 4.59. The van der Waals surface area contributed by atoms with Crippen LogP contribution in [0, 0.1) is 18.3 Å². The average molecular weight is 547 g/mol. The number of rotatable bonds is 5. The van der Waals surface area contributed by atoms with Gasteiger partial charge in [0.15, 0.2) is 0 Å². The van der Waals surface area contributed by atoms with Gasteiger partial charge in [0.05, 0.1) is 16.5 Å². The van der Waals surface area contributed by atoms with Crippen LogP contribution in [-0.2, 0) is 29.1 Å². The lowest BCUT2D eigenvalue weighted by atomic mass is 10.00. The van der Waals surface area contributed by atoms with Gasteiger partial charge in [-0.1, -0.05) is 60.7 Å². The number of carbonyl (C=O) groups excluding carboxylic acids is 3. The van der Waals surface area contributed by atoms with Gasteiger partial charge in [0.25, 0.3) is 11.1 Å². The predicted molar refractivity (Wildman–Crippen MR) is 155 cm³/mol. The third-order valence-electron chi connectivity index (χ3n) is 7.67. The van der Waals surface area contributed by atoms with Crippen molar-refractivity contribution in [1.82, 2.24) is 14.4 Å². The summed E-state index contributed by atoms with van der Waals surface area (Å²) in [4.78, 5) is 42.4. The van der Waals surface area contributed by atoms with E-state index in [4.69, 9.17) is 0 Å². The van der Waals surface area contributed by atoms with Gasteiger partial charge in [-0.3, -0.25) is 19.3 Å². The Morgan fingerprint density at radius 3 is 2.55 bits per heavy atom. The number of hydrogen-bond donors (Lipinski definition) is 0. The van der Waals surface area contributed by atoms with Gasteiger partial charge in [-0.25, -0.2) is 0 Å². The topological polar surface area (TPSA) is 86.4 Å². The summed E-state index contributed by atoms with van der Waals surface area (Å²) in [6.07, 6.45) is 2.52. The Kier molecular flexibility index (Phi) is 6.74. The molecule has 40 heavy (non-hydrogen) atoms. The van der Waals surface area contributed by atoms with Crippen LogP contribution in [0.25, 0.3) is 17.0 Å². The molecule has 8 heteroatoms. The molecule has 0 radical (unpaired) electrons. The molecule has 1 aromatic heterocycles. The summed E-state index contributed by atoms with van der Waals surface area (Å²) in [6.45, 7) is 3.25. The molecule has 0 atom stereocenters. The van der Waals surface area contributed by atoms with E-state index in [0.717, 1.165) is 56.4 Å². The maximum Gasteiger partial charge on any atom is 0.294 e. The van der Waals surface area contributed by atoms with Crippen LogP contribution in [-0.4, -0.2) is 44.5 Å². The highest BCUT2D eigenvalue weighted by Gasteiger charge is 2.38. The Morgan fingerprint density at radius 1 is 1.00 bits per heavy atom. The first-order valence-corrected chi connectivity index (χ1v) is 13.9. The molecule has 1 fully saturated rings. The molecule has 0 spiro atoms. The van der Waals surface area contributed by atoms with Crippen molar-refractivity contribution in [2.75, 3.05) is 13.1 Å². The van der Waals surface area contributed by atoms with Crippen molar-refractivity contribution in [3.63, 3.8) is 0 Å². The molecule has 1 saturated heterocycles. The number of fused-ring (bicyclic) bond motifs is 2. The summed E-state index contributed by atoms with van der Waals surface area (Å²) in [6, 6.07) is 25.7. The molecular weight excluding hydrogens is 520 g/mol. The molecule has 0 bridgehead atoms. The summed E-state index contributed by atoms with van der Waals surface area (Å²) in [5.41, 5.74) is 6.58. The Hall–Kier alpha value is -4.61. The van der Waals surface area contributed by atoms with E-state index in [1.54, 1.807) is 17.0 Å². The zero-order chi connectivity index (χ0) is 27.8. The minimum atomic E-state index is -0.452. The molecule has 2 aliphatic rings. The largest absolute Gasteiger partial charge is 0.340 e. The zero-order valence-corrected chi connectivity index (χ0v) is 22.8. The molecule has 2 aliphatic heterocycles. The number of aromatic nitrogens is 1. The normalized spacial score (nSPS) is 16.1. The average Bonchev–Trinajstić information content (AvgIpc) is 3.40. The van der Waals surface area contributed by atoms with Crippen LogP contribution >= 0.6 is 11.8 Å². The highest BCUT2D eigenvalue weighted by molar-refractivity contribution is 8.18. The fourth-order valence-corrected chi connectivity index (χ4v) is 6.31. The van der Waals surface area contributed by atoms with Gasteiger partial charge in [-0.15, -0.1) is 0 Å². The summed E-state index contributed by atoms with van der Waals surface area (Å²) in [5.74, 6) is -0.686. The van der Waals surface area contributed by atoms with Gasteiger partial charge >= 0.3 is 0 Å². The predicted octanol–water partition coefficient (Wildman–Crippen LogP) is 5.49. The molecule has 6 rings (SSSR count). The number of thioether (sulfide) groups is 1. The molecule has 0 saturated carbocycles. The third-order valence-corrected chi connectivity index (χ3v) is 8.58. The smallest absolute Gasteiger partial charge is 0.294 e. The zero-order valence-electron chi connectivity index (χ0n) is 22.0. The van der Waals surface area contributed by atoms with Crippen LogP contribution < -0.4 is 0 Å². The van der Waals surface area contributed by atoms with Crippen LogP contribution in [0.4, 0.5) is 4.79 Å². The van der Waals surface area contributed by atoms with E-state index in [0.29, 0.717) is 30.1 Å². The SMILES string of the molecule is Cc1c(/C=C2\SC(=O)N(CC(=O)N3CCc4ccccc4C3)C2=O)c2ccccc2n1Cc1ccccc1C#N.